The van der Waals surface area contributed by atoms with Gasteiger partial charge in [-0.2, -0.15) is 13.2 Å². The van der Waals surface area contributed by atoms with E-state index in [2.05, 4.69) is 4.74 Å². The Labute approximate surface area is 116 Å². The summed E-state index contributed by atoms with van der Waals surface area (Å²) in [6.45, 7) is 0. The van der Waals surface area contributed by atoms with E-state index in [0.29, 0.717) is 6.07 Å². The first-order valence-corrected chi connectivity index (χ1v) is 5.12. The van der Waals surface area contributed by atoms with Crippen molar-refractivity contribution < 1.29 is 32.4 Å². The standard InChI is InChI=1S/C10H6BF3N2O5/c1-21-8(17)5-2-4(11)3-6(16(19)20)7(5)15-9(18)10(12,13)14/h2-3H,1H3,(H,15,18). The lowest BCUT2D eigenvalue weighted by Gasteiger charge is -2.12. The summed E-state index contributed by atoms with van der Waals surface area (Å²) in [6.07, 6.45) is -5.29. The second-order valence-corrected chi connectivity index (χ2v) is 3.66. The number of amides is 1. The quantitative estimate of drug-likeness (QED) is 0.383. The number of halogens is 3. The third kappa shape index (κ3) is 3.71. The van der Waals surface area contributed by atoms with Crippen molar-refractivity contribution in [2.75, 3.05) is 12.4 Å². The highest BCUT2D eigenvalue weighted by molar-refractivity contribution is 6.33. The molecule has 0 aliphatic heterocycles. The van der Waals surface area contributed by atoms with Crippen LogP contribution in [-0.2, 0) is 9.53 Å². The maximum atomic E-state index is 12.2. The third-order valence-corrected chi connectivity index (χ3v) is 2.24. The number of esters is 1. The highest BCUT2D eigenvalue weighted by Gasteiger charge is 2.40. The first-order chi connectivity index (χ1) is 9.57. The maximum Gasteiger partial charge on any atom is 0.471 e. The fourth-order valence-electron chi connectivity index (χ4n) is 1.38. The number of alkyl halides is 3. The van der Waals surface area contributed by atoms with Crippen molar-refractivity contribution in [1.82, 2.24) is 0 Å². The molecule has 0 heterocycles. The van der Waals surface area contributed by atoms with Gasteiger partial charge in [-0.15, -0.1) is 0 Å². The Hall–Kier alpha value is -2.59. The van der Waals surface area contributed by atoms with Crippen LogP contribution in [0.25, 0.3) is 0 Å². The molecule has 0 unspecified atom stereocenters. The number of nitrogens with zero attached hydrogens (tertiary/aromatic N) is 1. The highest BCUT2D eigenvalue weighted by Crippen LogP contribution is 2.29. The molecule has 110 valence electrons. The van der Waals surface area contributed by atoms with E-state index in [4.69, 9.17) is 7.85 Å². The van der Waals surface area contributed by atoms with Crippen LogP contribution in [0, 0.1) is 10.1 Å². The van der Waals surface area contributed by atoms with Crippen molar-refractivity contribution in [3.05, 3.63) is 27.8 Å². The van der Waals surface area contributed by atoms with Gasteiger partial charge in [-0.05, 0) is 0 Å². The zero-order valence-corrected chi connectivity index (χ0v) is 10.4. The van der Waals surface area contributed by atoms with Gasteiger partial charge in [0.1, 0.15) is 13.5 Å². The number of rotatable bonds is 3. The topological polar surface area (TPSA) is 98.5 Å². The Morgan fingerprint density at radius 2 is 1.95 bits per heavy atom. The number of benzene rings is 1. The lowest BCUT2D eigenvalue weighted by atomic mass is 9.92. The minimum atomic E-state index is -5.29. The molecule has 11 heteroatoms. The first-order valence-electron chi connectivity index (χ1n) is 5.12. The Bertz CT molecular complexity index is 617. The van der Waals surface area contributed by atoms with E-state index in [1.54, 1.807) is 0 Å². The Morgan fingerprint density at radius 3 is 2.38 bits per heavy atom. The Kier molecular flexibility index (Phi) is 4.56. The number of carbonyl (C=O) groups is 2. The van der Waals surface area contributed by atoms with E-state index in [-0.39, 0.29) is 5.46 Å². The van der Waals surface area contributed by atoms with Crippen LogP contribution in [0.1, 0.15) is 10.4 Å². The van der Waals surface area contributed by atoms with E-state index in [1.807, 2.05) is 0 Å². The van der Waals surface area contributed by atoms with Gasteiger partial charge in [0.15, 0.2) is 0 Å². The van der Waals surface area contributed by atoms with Crippen LogP contribution in [0.5, 0.6) is 0 Å². The molecule has 2 radical (unpaired) electrons. The smallest absolute Gasteiger partial charge is 0.465 e. The molecule has 0 bridgehead atoms. The van der Waals surface area contributed by atoms with Gasteiger partial charge in [-0.3, -0.25) is 14.9 Å². The zero-order chi connectivity index (χ0) is 16.4. The third-order valence-electron chi connectivity index (χ3n) is 2.24. The number of hydrogen-bond acceptors (Lipinski definition) is 5. The molecular weight excluding hydrogens is 296 g/mol. The monoisotopic (exact) mass is 302 g/mol. The van der Waals surface area contributed by atoms with Crippen LogP contribution in [-0.4, -0.2) is 37.9 Å². The lowest BCUT2D eigenvalue weighted by molar-refractivity contribution is -0.383. The van der Waals surface area contributed by atoms with E-state index in [9.17, 15) is 32.9 Å². The summed E-state index contributed by atoms with van der Waals surface area (Å²) in [4.78, 5) is 32.1. The molecule has 1 amide bonds. The fourth-order valence-corrected chi connectivity index (χ4v) is 1.38. The second-order valence-electron chi connectivity index (χ2n) is 3.66. The molecule has 0 saturated heterocycles. The summed E-state index contributed by atoms with van der Waals surface area (Å²) in [5.74, 6) is -3.66. The molecule has 1 rings (SSSR count). The average Bonchev–Trinajstić information content (AvgIpc) is 2.37. The molecule has 0 aliphatic rings. The molecule has 21 heavy (non-hydrogen) atoms. The number of ether oxygens (including phenoxy) is 1. The molecule has 0 fully saturated rings. The van der Waals surface area contributed by atoms with Gasteiger partial charge < -0.3 is 10.1 Å². The van der Waals surface area contributed by atoms with Crippen molar-refractivity contribution >= 4 is 36.6 Å². The van der Waals surface area contributed by atoms with Crippen molar-refractivity contribution in [2.24, 2.45) is 0 Å². The van der Waals surface area contributed by atoms with Crippen LogP contribution in [0.2, 0.25) is 0 Å². The maximum absolute atomic E-state index is 12.2. The number of methoxy groups -OCH3 is 1. The van der Waals surface area contributed by atoms with E-state index in [0.717, 1.165) is 13.2 Å². The Balaban J connectivity index is 3.48. The first kappa shape index (κ1) is 16.5. The molecule has 0 atom stereocenters. The molecule has 0 aromatic heterocycles. The predicted octanol–water partition coefficient (Wildman–Crippen LogP) is 0.676. The van der Waals surface area contributed by atoms with Gasteiger partial charge in [0, 0.05) is 6.07 Å². The minimum absolute atomic E-state index is 0.257. The summed E-state index contributed by atoms with van der Waals surface area (Å²) < 4.78 is 41.0. The summed E-state index contributed by atoms with van der Waals surface area (Å²) >= 11 is 0. The summed E-state index contributed by atoms with van der Waals surface area (Å²) in [7, 11) is 6.24. The largest absolute Gasteiger partial charge is 0.471 e. The molecule has 7 nitrogen and oxygen atoms in total. The van der Waals surface area contributed by atoms with Crippen molar-refractivity contribution in [1.29, 1.82) is 0 Å². The minimum Gasteiger partial charge on any atom is -0.465 e. The van der Waals surface area contributed by atoms with Crippen LogP contribution < -0.4 is 10.8 Å². The van der Waals surface area contributed by atoms with Gasteiger partial charge in [0.05, 0.1) is 17.6 Å². The van der Waals surface area contributed by atoms with Gasteiger partial charge in [-0.25, -0.2) is 4.79 Å². The molecule has 1 N–H and O–H groups in total. The number of nitro benzene ring substituents is 1. The van der Waals surface area contributed by atoms with Crippen molar-refractivity contribution in [3.63, 3.8) is 0 Å². The molecule has 0 saturated carbocycles. The van der Waals surface area contributed by atoms with Crippen LogP contribution in [0.4, 0.5) is 24.5 Å². The molecule has 1 aromatic rings. The van der Waals surface area contributed by atoms with Gasteiger partial charge in [0.2, 0.25) is 0 Å². The number of hydrogen-bond donors (Lipinski definition) is 1. The van der Waals surface area contributed by atoms with Crippen LogP contribution >= 0.6 is 0 Å². The second kappa shape index (κ2) is 5.81. The summed E-state index contributed by atoms with van der Waals surface area (Å²) in [6, 6.07) is 1.56. The molecule has 1 aromatic carbocycles. The van der Waals surface area contributed by atoms with Gasteiger partial charge in [-0.1, -0.05) is 11.5 Å². The number of nitro groups is 1. The number of nitrogens with one attached hydrogen (secondary N) is 1. The van der Waals surface area contributed by atoms with E-state index >= 15 is 0 Å². The van der Waals surface area contributed by atoms with Gasteiger partial charge in [0.25, 0.3) is 5.69 Å². The fraction of sp³-hybridized carbons (Fsp3) is 0.200. The molecule has 0 aliphatic carbocycles. The van der Waals surface area contributed by atoms with E-state index in [1.165, 1.54) is 5.32 Å². The lowest BCUT2D eigenvalue weighted by Crippen LogP contribution is -2.31. The summed E-state index contributed by atoms with van der Waals surface area (Å²) in [5, 5.41) is 12.1. The zero-order valence-electron chi connectivity index (χ0n) is 10.4. The predicted molar refractivity (Wildman–Crippen MR) is 64.5 cm³/mol. The van der Waals surface area contributed by atoms with Gasteiger partial charge >= 0.3 is 18.1 Å². The number of anilines is 1. The average molecular weight is 302 g/mol. The van der Waals surface area contributed by atoms with Crippen molar-refractivity contribution in [2.45, 2.75) is 6.18 Å². The normalized spacial score (nSPS) is 10.9. The molecular formula is C10H6BF3N2O5. The SMILES string of the molecule is [B]c1cc(C(=O)OC)c(NC(=O)C(F)(F)F)c([N+](=O)[O-])c1. The highest BCUT2D eigenvalue weighted by atomic mass is 19.4. The van der Waals surface area contributed by atoms with Crippen LogP contribution in [0.15, 0.2) is 12.1 Å². The number of carbonyl (C=O) groups excluding carboxylic acids is 2. The summed E-state index contributed by atoms with van der Waals surface area (Å²) in [5.41, 5.74) is -2.83. The van der Waals surface area contributed by atoms with E-state index < -0.39 is 39.9 Å². The molecule has 0 spiro atoms. The van der Waals surface area contributed by atoms with Crippen molar-refractivity contribution in [3.8, 4) is 0 Å². The Morgan fingerprint density at radius 1 is 1.38 bits per heavy atom. The van der Waals surface area contributed by atoms with Crippen LogP contribution in [0.3, 0.4) is 0 Å².